The van der Waals surface area contributed by atoms with Gasteiger partial charge in [0.2, 0.25) is 0 Å². The number of likely N-dealkylation sites (tertiary alicyclic amines) is 1. The van der Waals surface area contributed by atoms with Gasteiger partial charge < -0.3 is 10.6 Å². The molecule has 1 aromatic rings. The molecule has 1 aliphatic heterocycles. The average Bonchev–Trinajstić information content (AvgIpc) is 3.02. The third-order valence-corrected chi connectivity index (χ3v) is 5.97. The number of rotatable bonds is 4. The highest BCUT2D eigenvalue weighted by Gasteiger charge is 2.39. The minimum atomic E-state index is 0. The Balaban J connectivity index is 0.00000182. The summed E-state index contributed by atoms with van der Waals surface area (Å²) in [4.78, 5) is 7.15. The Labute approximate surface area is 168 Å². The van der Waals surface area contributed by atoms with Gasteiger partial charge >= 0.3 is 0 Å². The summed E-state index contributed by atoms with van der Waals surface area (Å²) in [5, 5.41) is 7.28. The van der Waals surface area contributed by atoms with Gasteiger partial charge in [0.15, 0.2) is 5.96 Å². The van der Waals surface area contributed by atoms with Gasteiger partial charge in [0.25, 0.3) is 0 Å². The fraction of sp³-hybridized carbons (Fsp3) is 0.650. The molecule has 3 atom stereocenters. The van der Waals surface area contributed by atoms with Crippen molar-refractivity contribution in [1.29, 1.82) is 0 Å². The van der Waals surface area contributed by atoms with Crippen LogP contribution in [0.15, 0.2) is 35.3 Å². The minimum Gasteiger partial charge on any atom is -0.353 e. The fourth-order valence-corrected chi connectivity index (χ4v) is 4.47. The van der Waals surface area contributed by atoms with Crippen LogP contribution in [0.5, 0.6) is 0 Å². The van der Waals surface area contributed by atoms with E-state index in [1.165, 1.54) is 57.2 Å². The molecule has 0 amide bonds. The number of hydrogen-bond acceptors (Lipinski definition) is 2. The summed E-state index contributed by atoms with van der Waals surface area (Å²) in [5.41, 5.74) is 1.44. The number of nitrogens with zero attached hydrogens (tertiary/aromatic N) is 2. The van der Waals surface area contributed by atoms with Crippen LogP contribution in [0.3, 0.4) is 0 Å². The van der Waals surface area contributed by atoms with Crippen LogP contribution in [-0.2, 0) is 0 Å². The maximum Gasteiger partial charge on any atom is 0.191 e. The van der Waals surface area contributed by atoms with Gasteiger partial charge in [-0.15, -0.1) is 24.0 Å². The first-order valence-corrected chi connectivity index (χ1v) is 9.62. The van der Waals surface area contributed by atoms with Gasteiger partial charge in [-0.25, -0.2) is 0 Å². The molecule has 0 spiro atoms. The molecule has 2 aliphatic carbocycles. The van der Waals surface area contributed by atoms with E-state index in [0.29, 0.717) is 18.0 Å². The van der Waals surface area contributed by atoms with Crippen LogP contribution in [0.4, 0.5) is 0 Å². The van der Waals surface area contributed by atoms with Crippen molar-refractivity contribution in [2.75, 3.05) is 20.1 Å². The molecule has 1 heterocycles. The van der Waals surface area contributed by atoms with Gasteiger partial charge in [0, 0.05) is 44.2 Å². The molecule has 0 bridgehead atoms. The number of nitrogens with one attached hydrogen (secondary N) is 2. The first-order valence-electron chi connectivity index (χ1n) is 9.62. The number of halogens is 1. The summed E-state index contributed by atoms with van der Waals surface area (Å²) in [7, 11) is 1.89. The van der Waals surface area contributed by atoms with E-state index in [2.05, 4.69) is 50.9 Å². The second kappa shape index (κ2) is 8.71. The molecule has 138 valence electrons. The highest BCUT2D eigenvalue weighted by Crippen LogP contribution is 2.40. The largest absolute Gasteiger partial charge is 0.353 e. The molecule has 0 aromatic heterocycles. The Morgan fingerprint density at radius 1 is 1.08 bits per heavy atom. The minimum absolute atomic E-state index is 0. The van der Waals surface area contributed by atoms with Crippen LogP contribution in [0.2, 0.25) is 0 Å². The highest BCUT2D eigenvalue weighted by molar-refractivity contribution is 14.0. The molecule has 4 nitrogen and oxygen atoms in total. The standard InChI is InChI=1S/C20H30N4.HI/c1-21-20(23-19-13-18(19)15-7-3-2-4-8-15)22-16-11-12-24(14-16)17-9-5-6-10-17;/h2-4,7-8,16-19H,5-6,9-14H2,1H3,(H2,21,22,23);1H. The summed E-state index contributed by atoms with van der Waals surface area (Å²) in [6, 6.07) is 12.7. The lowest BCUT2D eigenvalue weighted by Gasteiger charge is -2.24. The SMILES string of the molecule is CN=C(NC1CCN(C2CCCC2)C1)NC1CC1c1ccccc1.I. The van der Waals surface area contributed by atoms with Crippen molar-refractivity contribution in [3.63, 3.8) is 0 Å². The first kappa shape index (κ1) is 19.0. The summed E-state index contributed by atoms with van der Waals surface area (Å²) in [6.45, 7) is 2.42. The molecular weight excluding hydrogens is 423 g/mol. The number of benzene rings is 1. The molecule has 0 radical (unpaired) electrons. The van der Waals surface area contributed by atoms with Crippen LogP contribution < -0.4 is 10.6 Å². The van der Waals surface area contributed by atoms with Crippen molar-refractivity contribution in [2.24, 2.45) is 4.99 Å². The highest BCUT2D eigenvalue weighted by atomic mass is 127. The smallest absolute Gasteiger partial charge is 0.191 e. The molecule has 3 fully saturated rings. The lowest BCUT2D eigenvalue weighted by atomic mass is 10.1. The van der Waals surface area contributed by atoms with E-state index in [-0.39, 0.29) is 24.0 Å². The van der Waals surface area contributed by atoms with Crippen molar-refractivity contribution in [1.82, 2.24) is 15.5 Å². The summed E-state index contributed by atoms with van der Waals surface area (Å²) >= 11 is 0. The van der Waals surface area contributed by atoms with E-state index >= 15 is 0 Å². The van der Waals surface area contributed by atoms with Gasteiger partial charge in [-0.3, -0.25) is 9.89 Å². The van der Waals surface area contributed by atoms with Crippen LogP contribution >= 0.6 is 24.0 Å². The van der Waals surface area contributed by atoms with Gasteiger partial charge in [-0.2, -0.15) is 0 Å². The summed E-state index contributed by atoms with van der Waals surface area (Å²) in [5.74, 6) is 1.63. The Hall–Kier alpha value is -0.820. The van der Waals surface area contributed by atoms with Crippen LogP contribution in [-0.4, -0.2) is 49.1 Å². The predicted octanol–water partition coefficient (Wildman–Crippen LogP) is 3.34. The lowest BCUT2D eigenvalue weighted by Crippen LogP contribution is -2.46. The van der Waals surface area contributed by atoms with Crippen LogP contribution in [0, 0.1) is 0 Å². The summed E-state index contributed by atoms with van der Waals surface area (Å²) < 4.78 is 0. The molecular formula is C20H31IN4. The maximum absolute atomic E-state index is 4.46. The van der Waals surface area contributed by atoms with E-state index in [1.54, 1.807) is 0 Å². The van der Waals surface area contributed by atoms with Gasteiger partial charge in [0.05, 0.1) is 0 Å². The van der Waals surface area contributed by atoms with Gasteiger partial charge in [0.1, 0.15) is 0 Å². The number of guanidine groups is 1. The van der Waals surface area contributed by atoms with Gasteiger partial charge in [-0.05, 0) is 31.2 Å². The van der Waals surface area contributed by atoms with Crippen molar-refractivity contribution in [3.8, 4) is 0 Å². The van der Waals surface area contributed by atoms with Crippen molar-refractivity contribution >= 4 is 29.9 Å². The topological polar surface area (TPSA) is 39.7 Å². The maximum atomic E-state index is 4.46. The quantitative estimate of drug-likeness (QED) is 0.417. The first-order chi connectivity index (χ1) is 11.8. The Bertz CT molecular complexity index is 570. The molecule has 4 rings (SSSR count). The molecule has 1 aromatic carbocycles. The van der Waals surface area contributed by atoms with Crippen molar-refractivity contribution in [3.05, 3.63) is 35.9 Å². The van der Waals surface area contributed by atoms with Gasteiger partial charge in [-0.1, -0.05) is 43.2 Å². The molecule has 25 heavy (non-hydrogen) atoms. The fourth-order valence-electron chi connectivity index (χ4n) is 4.47. The average molecular weight is 454 g/mol. The van der Waals surface area contributed by atoms with E-state index in [9.17, 15) is 0 Å². The van der Waals surface area contributed by atoms with E-state index in [1.807, 2.05) is 7.05 Å². The molecule has 3 aliphatic rings. The number of hydrogen-bond donors (Lipinski definition) is 2. The summed E-state index contributed by atoms with van der Waals surface area (Å²) in [6.07, 6.45) is 8.10. The molecule has 5 heteroatoms. The monoisotopic (exact) mass is 454 g/mol. The molecule has 3 unspecified atom stereocenters. The second-order valence-corrected chi connectivity index (χ2v) is 7.64. The Kier molecular flexibility index (Phi) is 6.61. The van der Waals surface area contributed by atoms with E-state index < -0.39 is 0 Å². The second-order valence-electron chi connectivity index (χ2n) is 7.64. The Morgan fingerprint density at radius 2 is 1.84 bits per heavy atom. The third-order valence-electron chi connectivity index (χ3n) is 5.97. The number of aliphatic imine (C=N–C) groups is 1. The van der Waals surface area contributed by atoms with Crippen LogP contribution in [0.1, 0.15) is 50.0 Å². The van der Waals surface area contributed by atoms with Crippen molar-refractivity contribution in [2.45, 2.75) is 62.6 Å². The third kappa shape index (κ3) is 4.67. The van der Waals surface area contributed by atoms with E-state index in [0.717, 1.165) is 12.0 Å². The zero-order valence-electron chi connectivity index (χ0n) is 15.2. The van der Waals surface area contributed by atoms with Crippen LogP contribution in [0.25, 0.3) is 0 Å². The lowest BCUT2D eigenvalue weighted by molar-refractivity contribution is 0.242. The predicted molar refractivity (Wildman–Crippen MR) is 115 cm³/mol. The molecule has 2 saturated carbocycles. The van der Waals surface area contributed by atoms with E-state index in [4.69, 9.17) is 0 Å². The zero-order chi connectivity index (χ0) is 16.4. The molecule has 2 N–H and O–H groups in total. The zero-order valence-corrected chi connectivity index (χ0v) is 17.5. The molecule has 1 saturated heterocycles. The normalized spacial score (nSPS) is 30.1. The Morgan fingerprint density at radius 3 is 2.56 bits per heavy atom. The van der Waals surface area contributed by atoms with Crippen molar-refractivity contribution < 1.29 is 0 Å².